The molecule has 0 aliphatic carbocycles. The second-order valence-electron chi connectivity index (χ2n) is 24.7. The minimum absolute atomic E-state index is 0.00766. The molecule has 2 aliphatic heterocycles. The molecule has 0 amide bonds. The molecule has 0 unspecified atom stereocenters. The fraction of sp³-hybridized carbons (Fsp3) is 0.370. The van der Waals surface area contributed by atoms with Gasteiger partial charge < -0.3 is 102 Å². The average Bonchev–Trinajstić information content (AvgIpc) is 1.64. The number of carbonyl (C=O) groups excluding carboxylic acids is 2. The summed E-state index contributed by atoms with van der Waals surface area (Å²) in [6.07, 6.45) is 6.00. The van der Waals surface area contributed by atoms with Crippen molar-refractivity contribution < 1.29 is 116 Å². The number of aryl methyl sites for hydroxylation is 2. The van der Waals surface area contributed by atoms with E-state index in [4.69, 9.17) is 71.4 Å². The molecule has 24 heteroatoms. The van der Waals surface area contributed by atoms with E-state index in [0.29, 0.717) is 79.2 Å². The number of carboxylic acid groups (broad SMARTS) is 1. The lowest BCUT2D eigenvalue weighted by Gasteiger charge is -2.25. The zero-order valence-electron chi connectivity index (χ0n) is 61.0. The molecule has 0 aromatic heterocycles. The van der Waals surface area contributed by atoms with Crippen molar-refractivity contribution in [1.29, 1.82) is 0 Å². The molecule has 8 atom stereocenters. The fourth-order valence-electron chi connectivity index (χ4n) is 12.3. The van der Waals surface area contributed by atoms with Crippen LogP contribution in [0.2, 0.25) is 0 Å². The monoisotopic (exact) mass is 1450 g/mol. The Hall–Kier alpha value is -9.67. The Labute approximate surface area is 612 Å². The van der Waals surface area contributed by atoms with Crippen molar-refractivity contribution in [3.8, 4) is 40.2 Å². The minimum Gasteiger partial charge on any atom is -0.493 e. The first-order valence-electron chi connectivity index (χ1n) is 33.7. The quantitative estimate of drug-likeness (QED) is 0.0114. The molecule has 2 fully saturated rings. The van der Waals surface area contributed by atoms with Gasteiger partial charge in [-0.05, 0) is 155 Å². The lowest BCUT2D eigenvalue weighted by Crippen LogP contribution is -2.28. The predicted molar refractivity (Wildman–Crippen MR) is 389 cm³/mol. The number of aliphatic hydroxyl groups excluding tert-OH is 6. The normalized spacial score (nSPS) is 18.3. The van der Waals surface area contributed by atoms with Gasteiger partial charge in [0.2, 0.25) is 11.5 Å². The largest absolute Gasteiger partial charge is 0.493 e. The fourth-order valence-corrected chi connectivity index (χ4v) is 12.3. The zero-order valence-corrected chi connectivity index (χ0v) is 61.0. The van der Waals surface area contributed by atoms with Gasteiger partial charge in [0.15, 0.2) is 43.4 Å². The third kappa shape index (κ3) is 22.4. The van der Waals surface area contributed by atoms with E-state index in [1.165, 1.54) is 67.5 Å². The van der Waals surface area contributed by atoms with Gasteiger partial charge in [0.25, 0.3) is 0 Å². The molecular formula is C81H96O24. The van der Waals surface area contributed by atoms with Crippen molar-refractivity contribution in [2.75, 3.05) is 96.6 Å². The van der Waals surface area contributed by atoms with Crippen molar-refractivity contribution in [3.05, 3.63) is 223 Å². The SMILES string of the molecule is COCOc1c(OC)cc([C@@H]2O[C@@H](c3cc(CO)c(C)c(CO)c3)[C@H](CO)[C@H]2CO)cc1OC.COCOc1ccc(/C=C/C(=O)OC[C@@H]2[C@@H](COC(=O)/C=C/c3ccc(C)cc3)[C@H](c3cc(CO)c(C)c(CO)c3)O[C@H]2c2cc(OC)c(OCOC)c(OC)c2)cc1.Cc1ccc(/C=C/C(=O)O)cc1. The summed E-state index contributed by atoms with van der Waals surface area (Å²) in [7, 11) is 10.5. The number of hydrogen-bond donors (Lipinski definition) is 7. The average molecular weight is 1450 g/mol. The van der Waals surface area contributed by atoms with Gasteiger partial charge in [-0.15, -0.1) is 0 Å². The van der Waals surface area contributed by atoms with E-state index in [0.717, 1.165) is 45.0 Å². The summed E-state index contributed by atoms with van der Waals surface area (Å²) in [4.78, 5) is 36.7. The Bertz CT molecular complexity index is 3920. The van der Waals surface area contributed by atoms with Crippen molar-refractivity contribution in [2.24, 2.45) is 23.7 Å². The Morgan fingerprint density at radius 3 is 0.981 bits per heavy atom. The van der Waals surface area contributed by atoms with Gasteiger partial charge in [0.05, 0.1) is 92.5 Å². The van der Waals surface area contributed by atoms with Crippen molar-refractivity contribution in [1.82, 2.24) is 0 Å². The third-order valence-electron chi connectivity index (χ3n) is 18.0. The maximum atomic E-state index is 13.3. The Kier molecular flexibility index (Phi) is 32.8. The highest BCUT2D eigenvalue weighted by Crippen LogP contribution is 2.54. The number of rotatable bonds is 33. The molecule has 0 radical (unpaired) electrons. The van der Waals surface area contributed by atoms with E-state index in [-0.39, 0.29) is 73.2 Å². The minimum atomic E-state index is -0.921. The molecule has 2 saturated heterocycles. The summed E-state index contributed by atoms with van der Waals surface area (Å²) < 4.78 is 79.6. The first-order valence-corrected chi connectivity index (χ1v) is 33.7. The van der Waals surface area contributed by atoms with Gasteiger partial charge in [-0.25, -0.2) is 14.4 Å². The molecule has 7 aromatic carbocycles. The van der Waals surface area contributed by atoms with E-state index in [9.17, 15) is 45.0 Å². The van der Waals surface area contributed by atoms with Crippen LogP contribution < -0.4 is 33.2 Å². The summed E-state index contributed by atoms with van der Waals surface area (Å²) in [5, 5.41) is 69.0. The van der Waals surface area contributed by atoms with Crippen LogP contribution in [-0.4, -0.2) is 150 Å². The van der Waals surface area contributed by atoms with Crippen LogP contribution in [0.4, 0.5) is 0 Å². The summed E-state index contributed by atoms with van der Waals surface area (Å²) in [5.41, 5.74) is 11.5. The van der Waals surface area contributed by atoms with Gasteiger partial charge >= 0.3 is 17.9 Å². The van der Waals surface area contributed by atoms with Crippen LogP contribution in [0.25, 0.3) is 18.2 Å². The van der Waals surface area contributed by atoms with Crippen molar-refractivity contribution in [2.45, 2.75) is 78.5 Å². The number of aliphatic hydroxyl groups is 6. The summed E-state index contributed by atoms with van der Waals surface area (Å²) >= 11 is 0. The number of carboxylic acids is 1. The molecule has 2 heterocycles. The number of esters is 2. The summed E-state index contributed by atoms with van der Waals surface area (Å²) in [6.45, 7) is 6.05. The number of ether oxygens (including phenoxy) is 14. The molecule has 105 heavy (non-hydrogen) atoms. The number of benzene rings is 7. The van der Waals surface area contributed by atoms with Crippen LogP contribution in [0.1, 0.15) is 108 Å². The summed E-state index contributed by atoms with van der Waals surface area (Å²) in [5.74, 6) is -1.36. The van der Waals surface area contributed by atoms with Crippen LogP contribution in [0.5, 0.6) is 40.2 Å². The second-order valence-corrected chi connectivity index (χ2v) is 24.7. The lowest BCUT2D eigenvalue weighted by atomic mass is 9.82. The molecule has 24 nitrogen and oxygen atoms in total. The molecular weight excluding hydrogens is 1360 g/mol. The van der Waals surface area contributed by atoms with E-state index < -0.39 is 66.0 Å². The standard InChI is InChI=1S/C46H52O13.C25H34O9.C10H10O2/c1-29-7-9-31(10-8-29)13-17-42(49)55-25-38-39(26-56-43(50)18-14-32-11-15-37(16-12-32)57-27-51-3)45(34-21-40(53-5)46(58-28-52-4)41(22-34)54-6)59-44(38)33-19-35(23-47)30(2)36(20-33)24-48;1-14-17(9-26)5-15(6-18(14)10-27)23-19(11-28)20(12-29)24(34-23)16-7-21(31-3)25(33-13-30-2)22(8-16)32-4;1-8-2-4-9(5-3-8)6-7-10(11)12/h7-22,38-39,44-45,47-48H,23-28H2,1-6H3;5-8,19-20,23-24,26-29H,9-13H2,1-4H3;2-7H,1H3,(H,11,12)/b17-13+,18-14+;;7-6+/t38-,39-,44+,45+;19-,20-,23+,24+;/m11./s1. The Balaban J connectivity index is 0.000000278. The topological polar surface area (TPSA) is 322 Å². The van der Waals surface area contributed by atoms with Crippen molar-refractivity contribution >= 4 is 36.1 Å². The van der Waals surface area contributed by atoms with Crippen LogP contribution in [-0.2, 0) is 74.0 Å². The highest BCUT2D eigenvalue weighted by Gasteiger charge is 2.49. The van der Waals surface area contributed by atoms with E-state index in [2.05, 4.69) is 0 Å². The van der Waals surface area contributed by atoms with Crippen LogP contribution in [0.3, 0.4) is 0 Å². The van der Waals surface area contributed by atoms with E-state index in [1.807, 2.05) is 100 Å². The van der Waals surface area contributed by atoms with Gasteiger partial charge in [-0.1, -0.05) is 96.1 Å². The first-order chi connectivity index (χ1) is 50.8. The number of hydrogen-bond acceptors (Lipinski definition) is 23. The molecule has 7 aromatic rings. The smallest absolute Gasteiger partial charge is 0.330 e. The third-order valence-corrected chi connectivity index (χ3v) is 18.0. The summed E-state index contributed by atoms with van der Waals surface area (Å²) in [6, 6.07) is 36.7. The number of methoxy groups -OCH3 is 7. The predicted octanol–water partition coefficient (Wildman–Crippen LogP) is 10.9. The number of aliphatic carboxylic acids is 1. The van der Waals surface area contributed by atoms with Crippen molar-refractivity contribution in [3.63, 3.8) is 0 Å². The highest BCUT2D eigenvalue weighted by molar-refractivity contribution is 5.88. The Morgan fingerprint density at radius 1 is 0.390 bits per heavy atom. The highest BCUT2D eigenvalue weighted by atomic mass is 16.7. The van der Waals surface area contributed by atoms with Gasteiger partial charge in [0.1, 0.15) is 5.75 Å². The van der Waals surface area contributed by atoms with Gasteiger partial charge in [-0.3, -0.25) is 0 Å². The van der Waals surface area contributed by atoms with E-state index in [1.54, 1.807) is 66.8 Å². The molecule has 0 bridgehead atoms. The van der Waals surface area contributed by atoms with Crippen LogP contribution in [0.15, 0.2) is 140 Å². The maximum Gasteiger partial charge on any atom is 0.330 e. The molecule has 564 valence electrons. The van der Waals surface area contributed by atoms with Crippen LogP contribution >= 0.6 is 0 Å². The maximum absolute atomic E-state index is 13.3. The lowest BCUT2D eigenvalue weighted by molar-refractivity contribution is -0.143. The van der Waals surface area contributed by atoms with Crippen LogP contribution in [0, 0.1) is 51.4 Å². The molecule has 2 aliphatic rings. The first kappa shape index (κ1) is 82.6. The van der Waals surface area contributed by atoms with Gasteiger partial charge in [-0.2, -0.15) is 0 Å². The zero-order chi connectivity index (χ0) is 76.1. The molecule has 0 spiro atoms. The molecule has 7 N–H and O–H groups in total. The van der Waals surface area contributed by atoms with Gasteiger partial charge in [0, 0.05) is 76.4 Å². The number of carbonyl (C=O) groups is 3. The Morgan fingerprint density at radius 2 is 0.686 bits per heavy atom. The van der Waals surface area contributed by atoms with E-state index >= 15 is 0 Å². The molecule has 9 rings (SSSR count). The molecule has 0 saturated carbocycles. The second kappa shape index (κ2) is 41.7.